The zero-order valence-corrected chi connectivity index (χ0v) is 17.1. The maximum Gasteiger partial charge on any atom is 0.260 e. The van der Waals surface area contributed by atoms with Crippen LogP contribution in [0.3, 0.4) is 0 Å². The number of aromatic nitrogens is 4. The standard InChI is InChI=1S/C21H16Cl2N4O2/c1-12-10-27(11-24-12)17-5-3-13(7-18(17)29-2)4-6-19-25-16-9-14(22)8-15(23)20(16)21(28)26-19/h3-11H,1-2H3,(H,25,26,28). The van der Waals surface area contributed by atoms with Gasteiger partial charge in [-0.3, -0.25) is 4.79 Å². The number of halogens is 2. The number of H-pyrrole nitrogens is 1. The molecule has 1 N–H and O–H groups in total. The number of hydrogen-bond donors (Lipinski definition) is 1. The van der Waals surface area contributed by atoms with E-state index in [1.54, 1.807) is 25.6 Å². The van der Waals surface area contributed by atoms with Crippen molar-refractivity contribution in [3.63, 3.8) is 0 Å². The lowest BCUT2D eigenvalue weighted by Crippen LogP contribution is -2.10. The first kappa shape index (κ1) is 19.2. The van der Waals surface area contributed by atoms with Crippen molar-refractivity contribution in [2.45, 2.75) is 6.92 Å². The zero-order valence-electron chi connectivity index (χ0n) is 15.6. The van der Waals surface area contributed by atoms with Gasteiger partial charge < -0.3 is 14.3 Å². The molecule has 0 spiro atoms. The van der Waals surface area contributed by atoms with Gasteiger partial charge in [-0.05, 0) is 42.8 Å². The Hall–Kier alpha value is -3.09. The van der Waals surface area contributed by atoms with E-state index in [1.807, 2.05) is 42.0 Å². The number of methoxy groups -OCH3 is 1. The largest absolute Gasteiger partial charge is 0.495 e. The van der Waals surface area contributed by atoms with E-state index in [9.17, 15) is 4.79 Å². The molecule has 0 radical (unpaired) electrons. The number of aryl methyl sites for hydroxylation is 1. The van der Waals surface area contributed by atoms with Gasteiger partial charge in [0.05, 0.1) is 40.7 Å². The molecule has 2 aromatic carbocycles. The minimum atomic E-state index is -0.320. The van der Waals surface area contributed by atoms with Crippen LogP contribution in [-0.2, 0) is 0 Å². The van der Waals surface area contributed by atoms with Crippen LogP contribution in [-0.4, -0.2) is 26.6 Å². The lowest BCUT2D eigenvalue weighted by atomic mass is 10.1. The van der Waals surface area contributed by atoms with Crippen molar-refractivity contribution in [1.29, 1.82) is 0 Å². The van der Waals surface area contributed by atoms with E-state index in [4.69, 9.17) is 27.9 Å². The summed E-state index contributed by atoms with van der Waals surface area (Å²) >= 11 is 12.1. The van der Waals surface area contributed by atoms with Gasteiger partial charge in [-0.1, -0.05) is 35.3 Å². The van der Waals surface area contributed by atoms with Gasteiger partial charge in [0.25, 0.3) is 5.56 Å². The Labute approximate surface area is 176 Å². The van der Waals surface area contributed by atoms with Gasteiger partial charge in [0, 0.05) is 11.2 Å². The van der Waals surface area contributed by atoms with Crippen molar-refractivity contribution >= 4 is 46.3 Å². The molecule has 0 amide bonds. The normalized spacial score (nSPS) is 11.4. The average Bonchev–Trinajstić information content (AvgIpc) is 3.11. The third-order valence-electron chi connectivity index (χ3n) is 4.37. The molecule has 0 unspecified atom stereocenters. The molecule has 2 aromatic heterocycles. The van der Waals surface area contributed by atoms with Crippen LogP contribution in [0.15, 0.2) is 47.7 Å². The number of nitrogens with zero attached hydrogens (tertiary/aromatic N) is 3. The Bertz CT molecular complexity index is 1310. The third-order valence-corrected chi connectivity index (χ3v) is 4.89. The molecule has 0 aliphatic carbocycles. The van der Waals surface area contributed by atoms with Gasteiger partial charge in [0.2, 0.25) is 0 Å². The topological polar surface area (TPSA) is 72.8 Å². The highest BCUT2D eigenvalue weighted by Crippen LogP contribution is 2.26. The summed E-state index contributed by atoms with van der Waals surface area (Å²) in [6.45, 7) is 1.93. The molecule has 4 rings (SSSR count). The van der Waals surface area contributed by atoms with E-state index in [1.165, 1.54) is 6.07 Å². The molecule has 8 heteroatoms. The minimum absolute atomic E-state index is 0.270. The van der Waals surface area contributed by atoms with Crippen molar-refractivity contribution in [1.82, 2.24) is 19.5 Å². The van der Waals surface area contributed by atoms with Gasteiger partial charge >= 0.3 is 0 Å². The molecular weight excluding hydrogens is 411 g/mol. The molecule has 0 aliphatic heterocycles. The minimum Gasteiger partial charge on any atom is -0.495 e. The second-order valence-electron chi connectivity index (χ2n) is 6.42. The molecule has 2 heterocycles. The number of hydrogen-bond acceptors (Lipinski definition) is 4. The first-order valence-corrected chi connectivity index (χ1v) is 9.46. The number of rotatable bonds is 4. The number of benzene rings is 2. The van der Waals surface area contributed by atoms with Crippen molar-refractivity contribution in [3.8, 4) is 11.4 Å². The van der Waals surface area contributed by atoms with E-state index in [0.29, 0.717) is 27.5 Å². The van der Waals surface area contributed by atoms with Crippen molar-refractivity contribution in [3.05, 3.63) is 80.3 Å². The highest BCUT2D eigenvalue weighted by atomic mass is 35.5. The van der Waals surface area contributed by atoms with Crippen LogP contribution >= 0.6 is 23.2 Å². The molecule has 0 aliphatic rings. The van der Waals surface area contributed by atoms with Crippen LogP contribution < -0.4 is 10.3 Å². The number of aromatic amines is 1. The first-order chi connectivity index (χ1) is 13.9. The lowest BCUT2D eigenvalue weighted by molar-refractivity contribution is 0.413. The summed E-state index contributed by atoms with van der Waals surface area (Å²) in [4.78, 5) is 23.8. The molecule has 0 saturated carbocycles. The Morgan fingerprint density at radius 3 is 2.72 bits per heavy atom. The van der Waals surface area contributed by atoms with Crippen LogP contribution in [0.2, 0.25) is 10.0 Å². The summed E-state index contributed by atoms with van der Waals surface area (Å²) < 4.78 is 7.42. The fourth-order valence-electron chi connectivity index (χ4n) is 3.03. The second-order valence-corrected chi connectivity index (χ2v) is 7.26. The molecule has 0 saturated heterocycles. The Kier molecular flexibility index (Phi) is 5.13. The number of ether oxygens (including phenoxy) is 1. The third kappa shape index (κ3) is 3.90. The summed E-state index contributed by atoms with van der Waals surface area (Å²) in [5, 5.41) is 1.01. The maximum atomic E-state index is 12.4. The van der Waals surface area contributed by atoms with Crippen molar-refractivity contribution in [2.75, 3.05) is 7.11 Å². The highest BCUT2D eigenvalue weighted by Gasteiger charge is 2.09. The highest BCUT2D eigenvalue weighted by molar-refractivity contribution is 6.38. The Balaban J connectivity index is 1.70. The number of fused-ring (bicyclic) bond motifs is 1. The van der Waals surface area contributed by atoms with Gasteiger partial charge in [-0.15, -0.1) is 0 Å². The van der Waals surface area contributed by atoms with E-state index in [2.05, 4.69) is 15.0 Å². The summed E-state index contributed by atoms with van der Waals surface area (Å²) in [7, 11) is 1.62. The fraction of sp³-hybridized carbons (Fsp3) is 0.0952. The summed E-state index contributed by atoms with van der Waals surface area (Å²) in [6.07, 6.45) is 7.21. The number of nitrogens with one attached hydrogen (secondary N) is 1. The van der Waals surface area contributed by atoms with Gasteiger partial charge in [0.15, 0.2) is 0 Å². The van der Waals surface area contributed by atoms with Crippen LogP contribution in [0.25, 0.3) is 28.7 Å². The second kappa shape index (κ2) is 7.73. The fourth-order valence-corrected chi connectivity index (χ4v) is 3.60. The molecule has 0 fully saturated rings. The smallest absolute Gasteiger partial charge is 0.260 e. The maximum absolute atomic E-state index is 12.4. The molecule has 6 nitrogen and oxygen atoms in total. The quantitative estimate of drug-likeness (QED) is 0.503. The van der Waals surface area contributed by atoms with E-state index < -0.39 is 0 Å². The van der Waals surface area contributed by atoms with E-state index in [0.717, 1.165) is 16.9 Å². The summed E-state index contributed by atoms with van der Waals surface area (Å²) in [5.74, 6) is 1.09. The van der Waals surface area contributed by atoms with E-state index in [-0.39, 0.29) is 10.6 Å². The molecule has 0 atom stereocenters. The molecule has 29 heavy (non-hydrogen) atoms. The van der Waals surface area contributed by atoms with Crippen LogP contribution in [0.5, 0.6) is 5.75 Å². The predicted octanol–water partition coefficient (Wildman–Crippen LogP) is 4.90. The molecule has 0 bridgehead atoms. The summed E-state index contributed by atoms with van der Waals surface area (Å²) in [5.41, 5.74) is 2.80. The predicted molar refractivity (Wildman–Crippen MR) is 116 cm³/mol. The lowest BCUT2D eigenvalue weighted by Gasteiger charge is -2.10. The molecule has 4 aromatic rings. The summed E-state index contributed by atoms with van der Waals surface area (Å²) in [6, 6.07) is 8.91. The van der Waals surface area contributed by atoms with Gasteiger partial charge in [0.1, 0.15) is 11.6 Å². The molecule has 146 valence electrons. The average molecular weight is 427 g/mol. The van der Waals surface area contributed by atoms with Crippen molar-refractivity contribution in [2.24, 2.45) is 0 Å². The Morgan fingerprint density at radius 1 is 1.17 bits per heavy atom. The van der Waals surface area contributed by atoms with Gasteiger partial charge in [-0.25, -0.2) is 9.97 Å². The van der Waals surface area contributed by atoms with Crippen LogP contribution in [0, 0.1) is 6.92 Å². The monoisotopic (exact) mass is 426 g/mol. The van der Waals surface area contributed by atoms with Crippen LogP contribution in [0.1, 0.15) is 17.1 Å². The van der Waals surface area contributed by atoms with E-state index >= 15 is 0 Å². The van der Waals surface area contributed by atoms with Crippen LogP contribution in [0.4, 0.5) is 0 Å². The Morgan fingerprint density at radius 2 is 2.00 bits per heavy atom. The zero-order chi connectivity index (χ0) is 20.5. The molecular formula is C21H16Cl2N4O2. The van der Waals surface area contributed by atoms with Gasteiger partial charge in [-0.2, -0.15) is 0 Å². The van der Waals surface area contributed by atoms with Crippen molar-refractivity contribution < 1.29 is 4.74 Å². The number of imidazole rings is 1. The first-order valence-electron chi connectivity index (χ1n) is 8.71. The SMILES string of the molecule is COc1cc(C=Cc2nc3cc(Cl)cc(Cl)c3c(=O)[nH]2)ccc1-n1cnc(C)c1.